The standard InChI is InChI=1S/C18H16N6O2S/c1-12-15(27-11-21-12)9-23(8-13-5-3-2-4-6-13)16(25)14-7-19-18-20-10-22-24(18)17(14)26/h2-7,10-11H,8-9H2,1H3,(H,19,20,22). The van der Waals surface area contributed by atoms with Crippen LogP contribution in [0.25, 0.3) is 5.78 Å². The molecule has 1 N–H and O–H groups in total. The molecule has 4 aromatic rings. The van der Waals surface area contributed by atoms with Gasteiger partial charge < -0.3 is 4.90 Å². The van der Waals surface area contributed by atoms with Crippen LogP contribution in [0.4, 0.5) is 0 Å². The molecule has 8 nitrogen and oxygen atoms in total. The van der Waals surface area contributed by atoms with Gasteiger partial charge in [-0.2, -0.15) is 4.52 Å². The fourth-order valence-electron chi connectivity index (χ4n) is 2.77. The van der Waals surface area contributed by atoms with Gasteiger partial charge in [-0.3, -0.25) is 14.7 Å². The van der Waals surface area contributed by atoms with E-state index in [1.54, 1.807) is 10.4 Å². The molecule has 136 valence electrons. The molecule has 9 heteroatoms. The second-order valence-electron chi connectivity index (χ2n) is 6.01. The molecule has 0 unspecified atom stereocenters. The van der Waals surface area contributed by atoms with Crippen molar-refractivity contribution in [2.45, 2.75) is 20.0 Å². The summed E-state index contributed by atoms with van der Waals surface area (Å²) in [5.74, 6) is -0.155. The number of aryl methyl sites for hydroxylation is 1. The highest BCUT2D eigenvalue weighted by atomic mass is 32.1. The summed E-state index contributed by atoms with van der Waals surface area (Å²) >= 11 is 1.49. The highest BCUT2D eigenvalue weighted by molar-refractivity contribution is 7.09. The number of fused-ring (bicyclic) bond motifs is 1. The molecule has 0 aliphatic rings. The maximum Gasteiger partial charge on any atom is 0.286 e. The number of carbonyl (C=O) groups excluding carboxylic acids is 1. The largest absolute Gasteiger partial charge is 0.329 e. The quantitative estimate of drug-likeness (QED) is 0.571. The van der Waals surface area contributed by atoms with Crippen molar-refractivity contribution in [3.8, 4) is 0 Å². The number of aromatic amines is 1. The molecule has 0 radical (unpaired) electrons. The van der Waals surface area contributed by atoms with E-state index in [1.165, 1.54) is 23.9 Å². The van der Waals surface area contributed by atoms with Crippen LogP contribution in [0.1, 0.15) is 26.5 Å². The number of amides is 1. The smallest absolute Gasteiger partial charge is 0.286 e. The average Bonchev–Trinajstić information content (AvgIpc) is 3.31. The molecule has 3 aromatic heterocycles. The zero-order valence-corrected chi connectivity index (χ0v) is 15.3. The lowest BCUT2D eigenvalue weighted by Crippen LogP contribution is -2.35. The molecular weight excluding hydrogens is 364 g/mol. The monoisotopic (exact) mass is 380 g/mol. The number of hydrogen-bond acceptors (Lipinski definition) is 6. The normalized spacial score (nSPS) is 11.0. The van der Waals surface area contributed by atoms with Gasteiger partial charge in [0, 0.05) is 17.6 Å². The molecule has 1 aromatic carbocycles. The predicted octanol–water partition coefficient (Wildman–Crippen LogP) is 2.03. The fraction of sp³-hybridized carbons (Fsp3) is 0.167. The number of H-pyrrole nitrogens is 1. The van der Waals surface area contributed by atoms with Crippen molar-refractivity contribution in [1.82, 2.24) is 29.5 Å². The van der Waals surface area contributed by atoms with Gasteiger partial charge in [0.25, 0.3) is 17.2 Å². The highest BCUT2D eigenvalue weighted by Crippen LogP contribution is 2.18. The lowest BCUT2D eigenvalue weighted by Gasteiger charge is -2.22. The Hall–Kier alpha value is -3.33. The Morgan fingerprint density at radius 2 is 2.00 bits per heavy atom. The van der Waals surface area contributed by atoms with E-state index in [9.17, 15) is 9.59 Å². The van der Waals surface area contributed by atoms with Crippen LogP contribution in [-0.2, 0) is 13.1 Å². The van der Waals surface area contributed by atoms with E-state index in [2.05, 4.69) is 20.1 Å². The van der Waals surface area contributed by atoms with Gasteiger partial charge in [-0.25, -0.2) is 15.0 Å². The van der Waals surface area contributed by atoms with Crippen LogP contribution in [0.3, 0.4) is 0 Å². The van der Waals surface area contributed by atoms with E-state index in [0.29, 0.717) is 13.1 Å². The Bertz CT molecular complexity index is 1150. The molecule has 0 fully saturated rings. The minimum atomic E-state index is -0.471. The van der Waals surface area contributed by atoms with Crippen LogP contribution in [0, 0.1) is 6.92 Å². The Morgan fingerprint density at radius 1 is 1.19 bits per heavy atom. The summed E-state index contributed by atoms with van der Waals surface area (Å²) in [7, 11) is 0. The first-order chi connectivity index (χ1) is 13.1. The van der Waals surface area contributed by atoms with E-state index in [-0.39, 0.29) is 17.2 Å². The topological polar surface area (TPSA) is 96.2 Å². The molecule has 0 aliphatic carbocycles. The summed E-state index contributed by atoms with van der Waals surface area (Å²) in [5.41, 5.74) is 3.13. The van der Waals surface area contributed by atoms with E-state index in [1.807, 2.05) is 37.3 Å². The number of hydrogen-bond donors (Lipinski definition) is 1. The Balaban J connectivity index is 1.71. The lowest BCUT2D eigenvalue weighted by atomic mass is 10.2. The fourth-order valence-corrected chi connectivity index (χ4v) is 3.56. The minimum Gasteiger partial charge on any atom is -0.329 e. The summed E-state index contributed by atoms with van der Waals surface area (Å²) in [6.45, 7) is 2.65. The third kappa shape index (κ3) is 3.36. The van der Waals surface area contributed by atoms with Crippen LogP contribution in [0.2, 0.25) is 0 Å². The first kappa shape index (κ1) is 17.1. The van der Waals surface area contributed by atoms with Crippen LogP contribution in [0.15, 0.2) is 53.2 Å². The molecule has 0 spiro atoms. The number of thiazole rings is 1. The minimum absolute atomic E-state index is 0.00477. The molecule has 1 amide bonds. The molecule has 0 bridgehead atoms. The third-order valence-corrected chi connectivity index (χ3v) is 5.14. The van der Waals surface area contributed by atoms with Crippen molar-refractivity contribution < 1.29 is 4.79 Å². The van der Waals surface area contributed by atoms with Crippen molar-refractivity contribution in [2.75, 3.05) is 0 Å². The number of benzene rings is 1. The maximum atomic E-state index is 13.2. The van der Waals surface area contributed by atoms with E-state index in [0.717, 1.165) is 20.6 Å². The molecule has 0 saturated carbocycles. The second-order valence-corrected chi connectivity index (χ2v) is 6.95. The second kappa shape index (κ2) is 7.12. The molecular formula is C18H16N6O2S. The maximum absolute atomic E-state index is 13.2. The Labute approximate surface area is 158 Å². The summed E-state index contributed by atoms with van der Waals surface area (Å²) < 4.78 is 1.16. The van der Waals surface area contributed by atoms with Crippen molar-refractivity contribution >= 4 is 23.0 Å². The number of rotatable bonds is 5. The number of nitrogens with zero attached hydrogens (tertiary/aromatic N) is 5. The van der Waals surface area contributed by atoms with Crippen molar-refractivity contribution in [1.29, 1.82) is 0 Å². The first-order valence-electron chi connectivity index (χ1n) is 8.27. The van der Waals surface area contributed by atoms with Crippen LogP contribution in [0.5, 0.6) is 0 Å². The van der Waals surface area contributed by atoms with Crippen molar-refractivity contribution in [3.05, 3.63) is 80.4 Å². The van der Waals surface area contributed by atoms with Gasteiger partial charge in [-0.05, 0) is 12.5 Å². The van der Waals surface area contributed by atoms with Gasteiger partial charge >= 0.3 is 0 Å². The molecule has 3 heterocycles. The van der Waals surface area contributed by atoms with Gasteiger partial charge in [0.15, 0.2) is 0 Å². The Kier molecular flexibility index (Phi) is 4.51. The molecule has 0 saturated heterocycles. The van der Waals surface area contributed by atoms with Gasteiger partial charge in [0.2, 0.25) is 0 Å². The average molecular weight is 380 g/mol. The number of carbonyl (C=O) groups is 1. The SMILES string of the molecule is Cc1ncsc1CN(Cc1ccccc1)C(=O)c1cnc2nc[nH]n2c1=O. The first-order valence-corrected chi connectivity index (χ1v) is 9.15. The third-order valence-electron chi connectivity index (χ3n) is 4.22. The van der Waals surface area contributed by atoms with Gasteiger partial charge in [0.05, 0.1) is 17.7 Å². The van der Waals surface area contributed by atoms with Crippen LogP contribution < -0.4 is 5.56 Å². The zero-order chi connectivity index (χ0) is 18.8. The Morgan fingerprint density at radius 3 is 2.74 bits per heavy atom. The summed E-state index contributed by atoms with van der Waals surface area (Å²) in [6.07, 6.45) is 2.65. The highest BCUT2D eigenvalue weighted by Gasteiger charge is 2.22. The van der Waals surface area contributed by atoms with Crippen molar-refractivity contribution in [3.63, 3.8) is 0 Å². The molecule has 4 rings (SSSR count). The van der Waals surface area contributed by atoms with Crippen LogP contribution in [-0.4, -0.2) is 35.4 Å². The summed E-state index contributed by atoms with van der Waals surface area (Å²) in [5, 5.41) is 2.68. The summed E-state index contributed by atoms with van der Waals surface area (Å²) in [4.78, 5) is 40.7. The van der Waals surface area contributed by atoms with Gasteiger partial charge in [-0.15, -0.1) is 11.3 Å². The van der Waals surface area contributed by atoms with E-state index in [4.69, 9.17) is 0 Å². The molecule has 0 aliphatic heterocycles. The van der Waals surface area contributed by atoms with E-state index >= 15 is 0 Å². The number of aromatic nitrogens is 5. The predicted molar refractivity (Wildman–Crippen MR) is 100 cm³/mol. The van der Waals surface area contributed by atoms with Crippen molar-refractivity contribution in [2.24, 2.45) is 0 Å². The molecule has 27 heavy (non-hydrogen) atoms. The molecule has 0 atom stereocenters. The number of nitrogens with one attached hydrogen (secondary N) is 1. The summed E-state index contributed by atoms with van der Waals surface area (Å²) in [6, 6.07) is 9.66. The lowest BCUT2D eigenvalue weighted by molar-refractivity contribution is 0.0729. The van der Waals surface area contributed by atoms with Crippen LogP contribution >= 0.6 is 11.3 Å². The zero-order valence-electron chi connectivity index (χ0n) is 14.5. The van der Waals surface area contributed by atoms with Gasteiger partial charge in [-0.1, -0.05) is 30.3 Å². The van der Waals surface area contributed by atoms with Gasteiger partial charge in [0.1, 0.15) is 11.9 Å². The van der Waals surface area contributed by atoms with E-state index < -0.39 is 5.56 Å².